The lowest BCUT2D eigenvalue weighted by Crippen LogP contribution is -2.39. The summed E-state index contributed by atoms with van der Waals surface area (Å²) in [6, 6.07) is 13.7. The van der Waals surface area contributed by atoms with Crippen LogP contribution in [-0.4, -0.2) is 54.6 Å². The number of nitrogens with two attached hydrogens (primary N) is 1. The van der Waals surface area contributed by atoms with E-state index in [-0.39, 0.29) is 12.6 Å². The summed E-state index contributed by atoms with van der Waals surface area (Å²) in [7, 11) is 0. The number of aromatic nitrogens is 4. The topological polar surface area (TPSA) is 131 Å². The number of aliphatic hydroxyl groups excluding tert-OH is 2. The highest BCUT2D eigenvalue weighted by molar-refractivity contribution is 5.87. The first kappa shape index (κ1) is 19.8. The third-order valence-corrected chi connectivity index (χ3v) is 5.87. The Morgan fingerprint density at radius 3 is 2.77 bits per heavy atom. The quantitative estimate of drug-likeness (QED) is 0.384. The highest BCUT2D eigenvalue weighted by atomic mass is 16.5. The van der Waals surface area contributed by atoms with Gasteiger partial charge < -0.3 is 26.0 Å². The van der Waals surface area contributed by atoms with Crippen LogP contribution in [0.25, 0.3) is 21.9 Å². The minimum Gasteiger partial charge on any atom is -0.394 e. The van der Waals surface area contributed by atoms with Crippen molar-refractivity contribution in [1.29, 1.82) is 0 Å². The Morgan fingerprint density at radius 1 is 1.16 bits per heavy atom. The third kappa shape index (κ3) is 3.31. The lowest BCUT2D eigenvalue weighted by Gasteiger charge is -2.18. The second kappa shape index (κ2) is 7.86. The number of fused-ring (bicyclic) bond motifs is 2. The van der Waals surface area contributed by atoms with E-state index in [4.69, 9.17) is 10.5 Å². The van der Waals surface area contributed by atoms with Crippen molar-refractivity contribution in [1.82, 2.24) is 19.5 Å². The van der Waals surface area contributed by atoms with E-state index in [2.05, 4.69) is 51.5 Å². The maximum absolute atomic E-state index is 10.2. The normalized spacial score (nSPS) is 24.6. The smallest absolute Gasteiger partial charge is 0.167 e. The standard InChI is InChI=1S/C22H24N6O3/c1-12(14-8-4-6-13-5-2-3-7-15(13)14)27-20-18-21(25-10-24-20)28(11-26-18)22-17(23)19(30)16(9-29)31-22/h2-8,10-12,16-17,19,22,29-30H,9,23H2,1H3,(H,24,25,27)/t12-,16-,17-,19-,22-/m1/s1. The van der Waals surface area contributed by atoms with E-state index >= 15 is 0 Å². The SMILES string of the molecule is C[C@@H](Nc1ncnc2c1ncn2[C@@H]1O[C@H](CO)[C@@H](O)[C@H]1N)c1cccc2ccccc12. The fourth-order valence-corrected chi connectivity index (χ4v) is 4.22. The molecule has 0 bridgehead atoms. The van der Waals surface area contributed by atoms with E-state index in [1.54, 1.807) is 10.9 Å². The van der Waals surface area contributed by atoms with Crippen LogP contribution in [0.3, 0.4) is 0 Å². The van der Waals surface area contributed by atoms with Gasteiger partial charge in [0.25, 0.3) is 0 Å². The van der Waals surface area contributed by atoms with Crippen molar-refractivity contribution >= 4 is 27.8 Å². The zero-order chi connectivity index (χ0) is 21.5. The molecule has 0 unspecified atom stereocenters. The maximum atomic E-state index is 10.2. The molecule has 9 nitrogen and oxygen atoms in total. The summed E-state index contributed by atoms with van der Waals surface area (Å²) < 4.78 is 7.42. The molecule has 0 saturated carbocycles. The predicted molar refractivity (Wildman–Crippen MR) is 116 cm³/mol. The van der Waals surface area contributed by atoms with Gasteiger partial charge in [-0.05, 0) is 23.3 Å². The lowest BCUT2D eigenvalue weighted by molar-refractivity contribution is -0.0437. The summed E-state index contributed by atoms with van der Waals surface area (Å²) >= 11 is 0. The third-order valence-electron chi connectivity index (χ3n) is 5.87. The van der Waals surface area contributed by atoms with Crippen molar-refractivity contribution in [2.45, 2.75) is 37.4 Å². The summed E-state index contributed by atoms with van der Waals surface area (Å²) in [5.74, 6) is 0.593. The largest absolute Gasteiger partial charge is 0.394 e. The Morgan fingerprint density at radius 2 is 1.97 bits per heavy atom. The molecule has 0 spiro atoms. The Bertz CT molecular complexity index is 1220. The van der Waals surface area contributed by atoms with Crippen molar-refractivity contribution < 1.29 is 14.9 Å². The molecule has 5 N–H and O–H groups in total. The molecule has 4 aromatic rings. The number of hydrogen-bond donors (Lipinski definition) is 4. The summed E-state index contributed by atoms with van der Waals surface area (Å²) in [6.07, 6.45) is 0.625. The number of anilines is 1. The Hall–Kier alpha value is -3.11. The molecule has 1 saturated heterocycles. The number of ether oxygens (including phenoxy) is 1. The van der Waals surface area contributed by atoms with Gasteiger partial charge in [0.1, 0.15) is 18.5 Å². The predicted octanol–water partition coefficient (Wildman–Crippen LogP) is 1.73. The molecule has 1 fully saturated rings. The second-order valence-corrected chi connectivity index (χ2v) is 7.80. The average molecular weight is 420 g/mol. The molecule has 31 heavy (non-hydrogen) atoms. The molecule has 0 amide bonds. The molecule has 2 aromatic heterocycles. The van der Waals surface area contributed by atoms with Gasteiger partial charge in [0.2, 0.25) is 0 Å². The van der Waals surface area contributed by atoms with Crippen molar-refractivity contribution in [2.75, 3.05) is 11.9 Å². The first-order valence-corrected chi connectivity index (χ1v) is 10.2. The van der Waals surface area contributed by atoms with Crippen LogP contribution >= 0.6 is 0 Å². The van der Waals surface area contributed by atoms with Crippen molar-refractivity contribution in [3.63, 3.8) is 0 Å². The monoisotopic (exact) mass is 420 g/mol. The number of nitrogens with zero attached hydrogens (tertiary/aromatic N) is 4. The van der Waals surface area contributed by atoms with Gasteiger partial charge in [-0.25, -0.2) is 15.0 Å². The minimum absolute atomic E-state index is 0.0278. The van der Waals surface area contributed by atoms with Crippen LogP contribution in [0.5, 0.6) is 0 Å². The molecule has 5 rings (SSSR count). The Balaban J connectivity index is 1.48. The first-order chi connectivity index (χ1) is 15.1. The first-order valence-electron chi connectivity index (χ1n) is 10.2. The molecular weight excluding hydrogens is 396 g/mol. The zero-order valence-electron chi connectivity index (χ0n) is 17.0. The summed E-state index contributed by atoms with van der Waals surface area (Å²) in [4.78, 5) is 13.2. The average Bonchev–Trinajstić information content (AvgIpc) is 3.35. The van der Waals surface area contributed by atoms with E-state index in [0.29, 0.717) is 17.0 Å². The van der Waals surface area contributed by atoms with Crippen LogP contribution in [0.2, 0.25) is 0 Å². The van der Waals surface area contributed by atoms with Gasteiger partial charge in [-0.1, -0.05) is 42.5 Å². The van der Waals surface area contributed by atoms with E-state index in [9.17, 15) is 10.2 Å². The van der Waals surface area contributed by atoms with E-state index < -0.39 is 24.5 Å². The summed E-state index contributed by atoms with van der Waals surface area (Å²) in [5.41, 5.74) is 8.39. The van der Waals surface area contributed by atoms with Crippen molar-refractivity contribution in [3.8, 4) is 0 Å². The molecule has 2 aromatic carbocycles. The van der Waals surface area contributed by atoms with Gasteiger partial charge in [-0.3, -0.25) is 4.57 Å². The van der Waals surface area contributed by atoms with Gasteiger partial charge in [0.15, 0.2) is 23.2 Å². The number of imidazole rings is 1. The maximum Gasteiger partial charge on any atom is 0.167 e. The molecule has 1 aliphatic heterocycles. The van der Waals surface area contributed by atoms with E-state index in [1.165, 1.54) is 17.1 Å². The van der Waals surface area contributed by atoms with Gasteiger partial charge in [0, 0.05) is 0 Å². The number of aliphatic hydroxyl groups is 2. The van der Waals surface area contributed by atoms with Gasteiger partial charge in [0.05, 0.1) is 25.0 Å². The van der Waals surface area contributed by atoms with Crippen molar-refractivity contribution in [3.05, 3.63) is 60.7 Å². The molecule has 160 valence electrons. The van der Waals surface area contributed by atoms with E-state index in [0.717, 1.165) is 5.56 Å². The molecular formula is C22H24N6O3. The highest BCUT2D eigenvalue weighted by Crippen LogP contribution is 2.32. The second-order valence-electron chi connectivity index (χ2n) is 7.80. The number of hydrogen-bond acceptors (Lipinski definition) is 8. The molecule has 0 radical (unpaired) electrons. The summed E-state index contributed by atoms with van der Waals surface area (Å²) in [5, 5.41) is 25.4. The fraction of sp³-hybridized carbons (Fsp3) is 0.318. The van der Waals surface area contributed by atoms with Crippen LogP contribution in [0.4, 0.5) is 5.82 Å². The van der Waals surface area contributed by atoms with Crippen LogP contribution in [-0.2, 0) is 4.74 Å². The zero-order valence-corrected chi connectivity index (χ0v) is 17.0. The van der Waals surface area contributed by atoms with Crippen molar-refractivity contribution in [2.24, 2.45) is 5.73 Å². The minimum atomic E-state index is -0.974. The summed E-state index contributed by atoms with van der Waals surface area (Å²) in [6.45, 7) is 1.76. The van der Waals surface area contributed by atoms with Crippen LogP contribution in [0.15, 0.2) is 55.1 Å². The van der Waals surface area contributed by atoms with E-state index in [1.807, 2.05) is 18.2 Å². The molecule has 3 heterocycles. The molecule has 0 aliphatic carbocycles. The van der Waals surface area contributed by atoms with Crippen LogP contribution in [0, 0.1) is 0 Å². The van der Waals surface area contributed by atoms with Crippen LogP contribution in [0.1, 0.15) is 24.8 Å². The fourth-order valence-electron chi connectivity index (χ4n) is 4.22. The Kier molecular flexibility index (Phi) is 5.03. The van der Waals surface area contributed by atoms with Crippen LogP contribution < -0.4 is 11.1 Å². The number of rotatable bonds is 5. The molecule has 9 heteroatoms. The number of benzene rings is 2. The molecule has 1 aliphatic rings. The number of nitrogens with one attached hydrogen (secondary N) is 1. The van der Waals surface area contributed by atoms with Gasteiger partial charge >= 0.3 is 0 Å². The van der Waals surface area contributed by atoms with Gasteiger partial charge in [-0.2, -0.15) is 0 Å². The highest BCUT2D eigenvalue weighted by Gasteiger charge is 2.42. The molecule has 5 atom stereocenters. The van der Waals surface area contributed by atoms with Gasteiger partial charge in [-0.15, -0.1) is 0 Å². The lowest BCUT2D eigenvalue weighted by atomic mass is 10.00. The Labute approximate surface area is 178 Å².